The van der Waals surface area contributed by atoms with E-state index in [9.17, 15) is 4.79 Å². The second kappa shape index (κ2) is 7.63. The highest BCUT2D eigenvalue weighted by molar-refractivity contribution is 9.10. The molecule has 7 nitrogen and oxygen atoms in total. The molecule has 0 saturated heterocycles. The molecule has 0 fully saturated rings. The minimum Gasteiger partial charge on any atom is -0.486 e. The average molecular weight is 427 g/mol. The molecule has 4 rings (SSSR count). The van der Waals surface area contributed by atoms with Crippen LogP contribution in [0.5, 0.6) is 11.5 Å². The molecule has 2 heterocycles. The van der Waals surface area contributed by atoms with Crippen molar-refractivity contribution < 1.29 is 14.3 Å². The van der Waals surface area contributed by atoms with E-state index in [4.69, 9.17) is 9.47 Å². The first-order valence-corrected chi connectivity index (χ1v) is 9.03. The van der Waals surface area contributed by atoms with Crippen LogP contribution in [-0.2, 0) is 0 Å². The summed E-state index contributed by atoms with van der Waals surface area (Å²) in [4.78, 5) is 20.9. The van der Waals surface area contributed by atoms with Gasteiger partial charge in [0, 0.05) is 40.2 Å². The summed E-state index contributed by atoms with van der Waals surface area (Å²) in [6, 6.07) is 12.4. The van der Waals surface area contributed by atoms with Crippen LogP contribution < -0.4 is 20.1 Å². The molecular weight excluding hydrogens is 412 g/mol. The summed E-state index contributed by atoms with van der Waals surface area (Å²) in [5, 5.41) is 5.95. The van der Waals surface area contributed by atoms with Crippen molar-refractivity contribution >= 4 is 39.2 Å². The van der Waals surface area contributed by atoms with Crippen molar-refractivity contribution in [2.45, 2.75) is 0 Å². The number of nitrogens with zero attached hydrogens (tertiary/aromatic N) is 2. The van der Waals surface area contributed by atoms with Crippen molar-refractivity contribution in [3.05, 3.63) is 64.9 Å². The van der Waals surface area contributed by atoms with Crippen molar-refractivity contribution in [1.82, 2.24) is 9.97 Å². The fourth-order valence-corrected chi connectivity index (χ4v) is 3.01. The maximum atomic E-state index is 12.7. The van der Waals surface area contributed by atoms with E-state index in [2.05, 4.69) is 36.5 Å². The Morgan fingerprint density at radius 2 is 1.74 bits per heavy atom. The summed E-state index contributed by atoms with van der Waals surface area (Å²) in [7, 11) is 0. The molecule has 1 aromatic heterocycles. The van der Waals surface area contributed by atoms with Gasteiger partial charge in [-0.1, -0.05) is 6.07 Å². The van der Waals surface area contributed by atoms with Gasteiger partial charge < -0.3 is 20.1 Å². The highest BCUT2D eigenvalue weighted by atomic mass is 79.9. The van der Waals surface area contributed by atoms with E-state index in [-0.39, 0.29) is 5.91 Å². The number of anilines is 3. The predicted octanol–water partition coefficient (Wildman–Crippen LogP) is 4.01. The Bertz CT molecular complexity index is 982. The molecule has 1 amide bonds. The largest absolute Gasteiger partial charge is 0.486 e. The van der Waals surface area contributed by atoms with Gasteiger partial charge in [0.1, 0.15) is 13.2 Å². The molecule has 0 bridgehead atoms. The van der Waals surface area contributed by atoms with Crippen LogP contribution in [0.1, 0.15) is 10.4 Å². The Morgan fingerprint density at radius 1 is 1.00 bits per heavy atom. The Balaban J connectivity index is 1.52. The number of fused-ring (bicyclic) bond motifs is 1. The zero-order chi connectivity index (χ0) is 18.6. The van der Waals surface area contributed by atoms with Crippen LogP contribution in [0, 0.1) is 0 Å². The van der Waals surface area contributed by atoms with Gasteiger partial charge in [-0.2, -0.15) is 0 Å². The third-order valence-electron chi connectivity index (χ3n) is 3.83. The predicted molar refractivity (Wildman–Crippen MR) is 105 cm³/mol. The van der Waals surface area contributed by atoms with Crippen LogP contribution in [0.15, 0.2) is 59.3 Å². The molecule has 0 saturated carbocycles. The number of aromatic nitrogens is 2. The normalized spacial score (nSPS) is 12.3. The zero-order valence-corrected chi connectivity index (χ0v) is 15.7. The van der Waals surface area contributed by atoms with Gasteiger partial charge in [0.15, 0.2) is 11.5 Å². The van der Waals surface area contributed by atoms with Gasteiger partial charge in [-0.05, 0) is 40.2 Å². The number of rotatable bonds is 4. The number of halogens is 1. The lowest BCUT2D eigenvalue weighted by Gasteiger charge is -2.20. The summed E-state index contributed by atoms with van der Waals surface area (Å²) in [5.74, 6) is 1.48. The van der Waals surface area contributed by atoms with Gasteiger partial charge in [-0.25, -0.2) is 9.97 Å². The number of carbonyl (C=O) groups is 1. The molecule has 0 unspecified atom stereocenters. The van der Waals surface area contributed by atoms with E-state index in [0.29, 0.717) is 46.4 Å². The number of amides is 1. The molecule has 2 N–H and O–H groups in total. The first-order valence-electron chi connectivity index (χ1n) is 8.24. The molecule has 0 spiro atoms. The van der Waals surface area contributed by atoms with Crippen LogP contribution >= 0.6 is 15.9 Å². The molecular formula is C19H15BrN4O3. The summed E-state index contributed by atoms with van der Waals surface area (Å²) < 4.78 is 11.8. The molecule has 8 heteroatoms. The molecule has 0 aliphatic carbocycles. The Morgan fingerprint density at radius 3 is 2.52 bits per heavy atom. The standard InChI is InChI=1S/C19H15BrN4O3/c20-14-10-16-17(27-8-7-26-16)11-15(14)24-18(25)12-3-1-4-13(9-12)23-19-21-5-2-6-22-19/h1-6,9-11H,7-8H2,(H,24,25)(H,21,22,23). The fraction of sp³-hybridized carbons (Fsp3) is 0.105. The molecule has 2 aromatic carbocycles. The lowest BCUT2D eigenvalue weighted by molar-refractivity contribution is 0.102. The molecule has 136 valence electrons. The van der Waals surface area contributed by atoms with Gasteiger partial charge in [0.25, 0.3) is 5.91 Å². The number of benzene rings is 2. The number of ether oxygens (including phenoxy) is 2. The van der Waals surface area contributed by atoms with Crippen LogP contribution in [0.3, 0.4) is 0 Å². The summed E-state index contributed by atoms with van der Waals surface area (Å²) >= 11 is 3.46. The van der Waals surface area contributed by atoms with Crippen LogP contribution in [0.25, 0.3) is 0 Å². The maximum Gasteiger partial charge on any atom is 0.255 e. The summed E-state index contributed by atoms with van der Waals surface area (Å²) in [5.41, 5.74) is 1.82. The quantitative estimate of drug-likeness (QED) is 0.655. The van der Waals surface area contributed by atoms with E-state index < -0.39 is 0 Å². The Labute approximate surface area is 163 Å². The van der Waals surface area contributed by atoms with Crippen LogP contribution in [-0.4, -0.2) is 29.1 Å². The van der Waals surface area contributed by atoms with E-state index in [0.717, 1.165) is 5.69 Å². The van der Waals surface area contributed by atoms with Crippen molar-refractivity contribution in [2.24, 2.45) is 0 Å². The number of nitrogens with one attached hydrogen (secondary N) is 2. The summed E-state index contributed by atoms with van der Waals surface area (Å²) in [6.45, 7) is 0.993. The third kappa shape index (κ3) is 4.01. The molecule has 1 aliphatic rings. The number of hydrogen-bond donors (Lipinski definition) is 2. The van der Waals surface area contributed by atoms with Gasteiger partial charge in [-0.3, -0.25) is 4.79 Å². The lowest BCUT2D eigenvalue weighted by atomic mass is 10.1. The van der Waals surface area contributed by atoms with Gasteiger partial charge >= 0.3 is 0 Å². The second-order valence-electron chi connectivity index (χ2n) is 5.71. The fourth-order valence-electron chi connectivity index (χ4n) is 2.59. The molecule has 0 radical (unpaired) electrons. The van der Waals surface area contributed by atoms with Gasteiger partial charge in [-0.15, -0.1) is 0 Å². The SMILES string of the molecule is O=C(Nc1cc2c(cc1Br)OCCO2)c1cccc(Nc2ncccn2)c1. The molecule has 0 atom stereocenters. The highest BCUT2D eigenvalue weighted by Crippen LogP contribution is 2.38. The van der Waals surface area contributed by atoms with E-state index in [1.807, 2.05) is 6.07 Å². The van der Waals surface area contributed by atoms with Crippen molar-refractivity contribution in [1.29, 1.82) is 0 Å². The minimum atomic E-state index is -0.245. The van der Waals surface area contributed by atoms with Crippen molar-refractivity contribution in [3.8, 4) is 11.5 Å². The Hall–Kier alpha value is -3.13. The number of hydrogen-bond acceptors (Lipinski definition) is 6. The molecule has 1 aliphatic heterocycles. The molecule has 3 aromatic rings. The minimum absolute atomic E-state index is 0.245. The van der Waals surface area contributed by atoms with Crippen molar-refractivity contribution in [3.63, 3.8) is 0 Å². The Kier molecular flexibility index (Phi) is 4.88. The lowest BCUT2D eigenvalue weighted by Crippen LogP contribution is -2.17. The van der Waals surface area contributed by atoms with Crippen molar-refractivity contribution in [2.75, 3.05) is 23.8 Å². The number of carbonyl (C=O) groups excluding carboxylic acids is 1. The van der Waals surface area contributed by atoms with E-state index in [1.54, 1.807) is 48.8 Å². The third-order valence-corrected chi connectivity index (χ3v) is 4.48. The van der Waals surface area contributed by atoms with Gasteiger partial charge in [0.2, 0.25) is 5.95 Å². The smallest absolute Gasteiger partial charge is 0.255 e. The van der Waals surface area contributed by atoms with E-state index >= 15 is 0 Å². The average Bonchev–Trinajstić information content (AvgIpc) is 2.69. The van der Waals surface area contributed by atoms with E-state index in [1.165, 1.54) is 0 Å². The zero-order valence-electron chi connectivity index (χ0n) is 14.1. The topological polar surface area (TPSA) is 85.4 Å². The van der Waals surface area contributed by atoms with Gasteiger partial charge in [0.05, 0.1) is 5.69 Å². The monoisotopic (exact) mass is 426 g/mol. The second-order valence-corrected chi connectivity index (χ2v) is 6.56. The first kappa shape index (κ1) is 17.3. The van der Waals surface area contributed by atoms with Crippen LogP contribution in [0.4, 0.5) is 17.3 Å². The highest BCUT2D eigenvalue weighted by Gasteiger charge is 2.17. The molecule has 27 heavy (non-hydrogen) atoms. The van der Waals surface area contributed by atoms with Crippen LogP contribution in [0.2, 0.25) is 0 Å². The maximum absolute atomic E-state index is 12.7. The summed E-state index contributed by atoms with van der Waals surface area (Å²) in [6.07, 6.45) is 3.29. The first-order chi connectivity index (χ1) is 13.2.